The standard InChI is InChI=1S/C8H8N6O5/c1-2-19-8-6(14(17)18)4-12(11-8)7-5(13(15)16)3-9-10-7/h3-4,7H,2H2,1H3/t7-/m1/s1. The molecule has 0 radical (unpaired) electrons. The van der Waals surface area contributed by atoms with Crippen molar-refractivity contribution in [3.05, 3.63) is 38.3 Å². The molecule has 11 nitrogen and oxygen atoms in total. The van der Waals surface area contributed by atoms with Gasteiger partial charge in [0.05, 0.1) is 16.5 Å². The van der Waals surface area contributed by atoms with E-state index in [0.717, 1.165) is 17.1 Å². The van der Waals surface area contributed by atoms with Crippen LogP contribution in [0.4, 0.5) is 5.69 Å². The lowest BCUT2D eigenvalue weighted by Gasteiger charge is -2.03. The van der Waals surface area contributed by atoms with Gasteiger partial charge in [0.2, 0.25) is 0 Å². The Labute approximate surface area is 105 Å². The van der Waals surface area contributed by atoms with Crippen molar-refractivity contribution in [2.45, 2.75) is 13.1 Å². The molecular formula is C8H8N6O5. The molecule has 0 aromatic carbocycles. The Morgan fingerprint density at radius 1 is 1.42 bits per heavy atom. The Kier molecular flexibility index (Phi) is 3.18. The van der Waals surface area contributed by atoms with Crippen LogP contribution in [0.25, 0.3) is 0 Å². The van der Waals surface area contributed by atoms with Gasteiger partial charge in [0, 0.05) is 0 Å². The van der Waals surface area contributed by atoms with E-state index in [2.05, 4.69) is 15.3 Å². The van der Waals surface area contributed by atoms with Crippen molar-refractivity contribution in [2.75, 3.05) is 6.61 Å². The summed E-state index contributed by atoms with van der Waals surface area (Å²) >= 11 is 0. The number of nitro groups is 2. The predicted molar refractivity (Wildman–Crippen MR) is 59.0 cm³/mol. The topological polar surface area (TPSA) is 138 Å². The van der Waals surface area contributed by atoms with Crippen LogP contribution in [0.3, 0.4) is 0 Å². The van der Waals surface area contributed by atoms with Gasteiger partial charge >= 0.3 is 17.3 Å². The molecule has 1 aliphatic heterocycles. The molecule has 0 unspecified atom stereocenters. The summed E-state index contributed by atoms with van der Waals surface area (Å²) in [6, 6.07) is 0. The zero-order valence-electron chi connectivity index (χ0n) is 9.66. The lowest BCUT2D eigenvalue weighted by atomic mass is 10.4. The zero-order valence-corrected chi connectivity index (χ0v) is 9.66. The minimum absolute atomic E-state index is 0.183. The van der Waals surface area contributed by atoms with Crippen LogP contribution in [0.5, 0.6) is 5.88 Å². The van der Waals surface area contributed by atoms with Gasteiger partial charge in [-0.2, -0.15) is 5.11 Å². The summed E-state index contributed by atoms with van der Waals surface area (Å²) in [6.07, 6.45) is 0.874. The number of rotatable bonds is 5. The highest BCUT2D eigenvalue weighted by Crippen LogP contribution is 2.31. The molecule has 11 heteroatoms. The van der Waals surface area contributed by atoms with E-state index in [9.17, 15) is 20.2 Å². The third-order valence-corrected chi connectivity index (χ3v) is 2.25. The quantitative estimate of drug-likeness (QED) is 0.582. The lowest BCUT2D eigenvalue weighted by molar-refractivity contribution is -0.431. The molecule has 0 N–H and O–H groups in total. The summed E-state index contributed by atoms with van der Waals surface area (Å²) in [5, 5.41) is 32.4. The molecule has 1 aromatic heterocycles. The highest BCUT2D eigenvalue weighted by molar-refractivity contribution is 5.38. The van der Waals surface area contributed by atoms with Crippen molar-refractivity contribution < 1.29 is 14.6 Å². The first-order chi connectivity index (χ1) is 9.04. The van der Waals surface area contributed by atoms with Gasteiger partial charge in [-0.1, -0.05) is 0 Å². The number of aromatic nitrogens is 2. The zero-order chi connectivity index (χ0) is 14.0. The van der Waals surface area contributed by atoms with Gasteiger partial charge in [-0.25, -0.2) is 4.68 Å². The summed E-state index contributed by atoms with van der Waals surface area (Å²) in [7, 11) is 0. The van der Waals surface area contributed by atoms with Crippen LogP contribution in [0, 0.1) is 20.2 Å². The van der Waals surface area contributed by atoms with Crippen molar-refractivity contribution in [1.29, 1.82) is 0 Å². The fourth-order valence-corrected chi connectivity index (χ4v) is 1.47. The van der Waals surface area contributed by atoms with E-state index in [1.165, 1.54) is 0 Å². The maximum Gasteiger partial charge on any atom is 0.350 e. The van der Waals surface area contributed by atoms with E-state index in [0.29, 0.717) is 0 Å². The van der Waals surface area contributed by atoms with Crippen LogP contribution in [-0.2, 0) is 0 Å². The van der Waals surface area contributed by atoms with Crippen LogP contribution in [-0.4, -0.2) is 26.2 Å². The van der Waals surface area contributed by atoms with Crippen molar-refractivity contribution in [1.82, 2.24) is 9.78 Å². The van der Waals surface area contributed by atoms with E-state index < -0.39 is 16.0 Å². The molecule has 19 heavy (non-hydrogen) atoms. The van der Waals surface area contributed by atoms with Crippen molar-refractivity contribution >= 4 is 5.69 Å². The number of azo groups is 1. The monoisotopic (exact) mass is 268 g/mol. The molecule has 0 spiro atoms. The van der Waals surface area contributed by atoms with E-state index in [1.807, 2.05) is 0 Å². The highest BCUT2D eigenvalue weighted by Gasteiger charge is 2.34. The molecule has 0 aliphatic carbocycles. The molecular weight excluding hydrogens is 260 g/mol. The summed E-state index contributed by atoms with van der Waals surface area (Å²) in [5.41, 5.74) is -0.702. The average Bonchev–Trinajstić information content (AvgIpc) is 2.93. The van der Waals surface area contributed by atoms with Crippen LogP contribution < -0.4 is 4.74 Å². The SMILES string of the molecule is CCOc1nn([C@H]2N=NC=C2[N+](=O)[O-])cc1[N+](=O)[O-]. The first-order valence-corrected chi connectivity index (χ1v) is 5.15. The van der Waals surface area contributed by atoms with Crippen molar-refractivity contribution in [3.8, 4) is 5.88 Å². The van der Waals surface area contributed by atoms with Gasteiger partial charge in [0.15, 0.2) is 0 Å². The van der Waals surface area contributed by atoms with E-state index >= 15 is 0 Å². The van der Waals surface area contributed by atoms with Gasteiger partial charge in [0.25, 0.3) is 6.17 Å². The van der Waals surface area contributed by atoms with Crippen LogP contribution in [0.2, 0.25) is 0 Å². The Morgan fingerprint density at radius 2 is 2.16 bits per heavy atom. The van der Waals surface area contributed by atoms with Gasteiger partial charge in [0.1, 0.15) is 12.4 Å². The molecule has 2 heterocycles. The molecule has 100 valence electrons. The molecule has 1 atom stereocenters. The highest BCUT2D eigenvalue weighted by atomic mass is 16.6. The van der Waals surface area contributed by atoms with Crippen LogP contribution >= 0.6 is 0 Å². The Hall–Kier alpha value is -2.85. The number of nitrogens with zero attached hydrogens (tertiary/aromatic N) is 6. The fraction of sp³-hybridized carbons (Fsp3) is 0.375. The van der Waals surface area contributed by atoms with E-state index in [-0.39, 0.29) is 23.9 Å². The summed E-state index contributed by atoms with van der Waals surface area (Å²) in [6.45, 7) is 1.82. The van der Waals surface area contributed by atoms with Gasteiger partial charge in [-0.3, -0.25) is 20.2 Å². The summed E-state index contributed by atoms with van der Waals surface area (Å²) in [5.74, 6) is -0.211. The van der Waals surface area contributed by atoms with Crippen LogP contribution in [0.1, 0.15) is 13.1 Å². The molecule has 1 aromatic rings. The second-order valence-electron chi connectivity index (χ2n) is 3.41. The second kappa shape index (κ2) is 4.80. The van der Waals surface area contributed by atoms with Gasteiger partial charge < -0.3 is 4.74 Å². The predicted octanol–water partition coefficient (Wildman–Crippen LogP) is 1.27. The normalized spacial score (nSPS) is 17.3. The Balaban J connectivity index is 2.38. The first kappa shape index (κ1) is 12.6. The summed E-state index contributed by atoms with van der Waals surface area (Å²) in [4.78, 5) is 20.2. The molecule has 1 aliphatic rings. The summed E-state index contributed by atoms with van der Waals surface area (Å²) < 4.78 is 5.98. The molecule has 0 saturated carbocycles. The molecule has 2 rings (SSSR count). The van der Waals surface area contributed by atoms with E-state index in [1.54, 1.807) is 6.92 Å². The van der Waals surface area contributed by atoms with E-state index in [4.69, 9.17) is 4.74 Å². The molecule has 0 amide bonds. The second-order valence-corrected chi connectivity index (χ2v) is 3.41. The smallest absolute Gasteiger partial charge is 0.350 e. The van der Waals surface area contributed by atoms with Gasteiger partial charge in [-0.05, 0) is 6.92 Å². The Morgan fingerprint density at radius 3 is 2.74 bits per heavy atom. The number of hydrogen-bond acceptors (Lipinski definition) is 8. The number of hydrogen-bond donors (Lipinski definition) is 0. The minimum Gasteiger partial charge on any atom is -0.472 e. The Bertz CT molecular complexity index is 590. The third-order valence-electron chi connectivity index (χ3n) is 2.25. The van der Waals surface area contributed by atoms with Crippen LogP contribution in [0.15, 0.2) is 28.3 Å². The molecule has 0 fully saturated rings. The maximum absolute atomic E-state index is 10.8. The van der Waals surface area contributed by atoms with Crippen molar-refractivity contribution in [3.63, 3.8) is 0 Å². The van der Waals surface area contributed by atoms with Crippen molar-refractivity contribution in [2.24, 2.45) is 10.2 Å². The number of ether oxygens (including phenoxy) is 1. The molecule has 0 bridgehead atoms. The lowest BCUT2D eigenvalue weighted by Crippen LogP contribution is -2.13. The third kappa shape index (κ3) is 2.25. The van der Waals surface area contributed by atoms with Gasteiger partial charge in [-0.15, -0.1) is 10.2 Å². The first-order valence-electron chi connectivity index (χ1n) is 5.15. The maximum atomic E-state index is 10.8. The molecule has 0 saturated heterocycles. The average molecular weight is 268 g/mol. The fourth-order valence-electron chi connectivity index (χ4n) is 1.47. The minimum atomic E-state index is -1.12. The largest absolute Gasteiger partial charge is 0.472 e.